The molecule has 0 aromatic carbocycles. The first-order valence-electron chi connectivity index (χ1n) is 14.3. The van der Waals surface area contributed by atoms with Gasteiger partial charge in [-0.25, -0.2) is 4.79 Å². The van der Waals surface area contributed by atoms with Gasteiger partial charge in [-0.05, 0) is 98.2 Å². The molecule has 3 nitrogen and oxygen atoms in total. The van der Waals surface area contributed by atoms with Gasteiger partial charge in [0.15, 0.2) is 0 Å². The molecular weight excluding hydrogens is 406 g/mol. The van der Waals surface area contributed by atoms with Crippen LogP contribution in [0.5, 0.6) is 0 Å². The number of hydrogen-bond donors (Lipinski definition) is 1. The van der Waals surface area contributed by atoms with Crippen molar-refractivity contribution >= 4 is 6.09 Å². The van der Waals surface area contributed by atoms with E-state index in [1.807, 2.05) is 6.92 Å². The fourth-order valence-electron chi connectivity index (χ4n) is 9.09. The summed E-state index contributed by atoms with van der Waals surface area (Å²) in [7, 11) is 0. The molecule has 1 N–H and O–H groups in total. The SMILES string of the molecule is CCNC(=O)O[C@@H]1CC[C@@]2(C)C(=CC[C@H]3[C@@H]4CC[C@H]([C@@H](C)CCCC(C)C)[C@@]4(C)CC[C@@H]32)C1. The van der Waals surface area contributed by atoms with E-state index >= 15 is 0 Å². The van der Waals surface area contributed by atoms with Crippen molar-refractivity contribution in [3.05, 3.63) is 11.6 Å². The van der Waals surface area contributed by atoms with Crippen molar-refractivity contribution in [3.63, 3.8) is 0 Å². The van der Waals surface area contributed by atoms with E-state index in [4.69, 9.17) is 4.74 Å². The quantitative estimate of drug-likeness (QED) is 0.392. The van der Waals surface area contributed by atoms with E-state index in [1.165, 1.54) is 57.8 Å². The normalized spacial score (nSPS) is 40.9. The maximum Gasteiger partial charge on any atom is 0.407 e. The van der Waals surface area contributed by atoms with Gasteiger partial charge >= 0.3 is 6.09 Å². The third-order valence-electron chi connectivity index (χ3n) is 10.9. The minimum Gasteiger partial charge on any atom is -0.446 e. The number of nitrogens with one attached hydrogen (secondary N) is 1. The highest BCUT2D eigenvalue weighted by Crippen LogP contribution is 2.67. The number of carbonyl (C=O) groups is 1. The predicted molar refractivity (Wildman–Crippen MR) is 137 cm³/mol. The number of carbonyl (C=O) groups excluding carboxylic acids is 1. The molecule has 0 radical (unpaired) electrons. The molecular formula is C30H51NO2. The molecule has 4 aliphatic rings. The standard InChI is InChI=1S/C30H51NO2/c1-7-31-28(32)33-23-15-17-29(5)22(19-23)11-12-24-26-14-13-25(21(4)10-8-9-20(2)3)30(26,6)18-16-27(24)29/h11,20-21,23-27H,7-10,12-19H2,1-6H3,(H,31,32)/t21-,23+,24-,25+,26-,27-,29-,30+/m0/s1. The second-order valence-electron chi connectivity index (χ2n) is 13.1. The summed E-state index contributed by atoms with van der Waals surface area (Å²) in [5.41, 5.74) is 2.48. The highest BCUT2D eigenvalue weighted by Gasteiger charge is 2.59. The Labute approximate surface area is 203 Å². The monoisotopic (exact) mass is 457 g/mol. The van der Waals surface area contributed by atoms with Crippen LogP contribution in [0.1, 0.15) is 112 Å². The molecule has 0 heterocycles. The van der Waals surface area contributed by atoms with Crippen molar-refractivity contribution in [1.82, 2.24) is 5.32 Å². The van der Waals surface area contributed by atoms with E-state index in [0.717, 1.165) is 48.3 Å². The Morgan fingerprint density at radius 3 is 2.61 bits per heavy atom. The Balaban J connectivity index is 1.43. The Morgan fingerprint density at radius 1 is 1.09 bits per heavy atom. The first kappa shape index (κ1) is 25.1. The number of allylic oxidation sites excluding steroid dienone is 1. The molecule has 33 heavy (non-hydrogen) atoms. The van der Waals surface area contributed by atoms with Gasteiger partial charge in [-0.2, -0.15) is 0 Å². The summed E-state index contributed by atoms with van der Waals surface area (Å²) in [5.74, 6) is 5.25. The van der Waals surface area contributed by atoms with Crippen molar-refractivity contribution in [2.24, 2.45) is 46.3 Å². The number of amides is 1. The molecule has 1 amide bonds. The third-order valence-corrected chi connectivity index (χ3v) is 10.9. The zero-order valence-electron chi connectivity index (χ0n) is 22.4. The molecule has 0 saturated heterocycles. The van der Waals surface area contributed by atoms with Crippen LogP contribution in [0.25, 0.3) is 0 Å². The molecule has 188 valence electrons. The second-order valence-corrected chi connectivity index (χ2v) is 13.1. The summed E-state index contributed by atoms with van der Waals surface area (Å²) < 4.78 is 5.74. The number of alkyl carbamates (subject to hydrolysis) is 1. The molecule has 0 unspecified atom stereocenters. The first-order chi connectivity index (χ1) is 15.7. The fourth-order valence-corrected chi connectivity index (χ4v) is 9.09. The van der Waals surface area contributed by atoms with Crippen LogP contribution >= 0.6 is 0 Å². The van der Waals surface area contributed by atoms with Crippen LogP contribution in [0.2, 0.25) is 0 Å². The van der Waals surface area contributed by atoms with Crippen LogP contribution in [0.4, 0.5) is 4.79 Å². The summed E-state index contributed by atoms with van der Waals surface area (Å²) in [6.45, 7) is 15.1. The summed E-state index contributed by atoms with van der Waals surface area (Å²) in [6.07, 6.45) is 16.8. The Kier molecular flexibility index (Phi) is 7.56. The van der Waals surface area contributed by atoms with E-state index in [0.29, 0.717) is 17.4 Å². The van der Waals surface area contributed by atoms with Crippen molar-refractivity contribution < 1.29 is 9.53 Å². The smallest absolute Gasteiger partial charge is 0.407 e. The van der Waals surface area contributed by atoms with Gasteiger partial charge in [0.1, 0.15) is 6.10 Å². The highest BCUT2D eigenvalue weighted by molar-refractivity contribution is 5.67. The molecule has 4 aliphatic carbocycles. The van der Waals surface area contributed by atoms with Crippen molar-refractivity contribution in [2.45, 2.75) is 118 Å². The van der Waals surface area contributed by atoms with Gasteiger partial charge in [-0.15, -0.1) is 0 Å². The lowest BCUT2D eigenvalue weighted by atomic mass is 9.47. The topological polar surface area (TPSA) is 38.3 Å². The summed E-state index contributed by atoms with van der Waals surface area (Å²) in [5, 5.41) is 2.80. The van der Waals surface area contributed by atoms with Gasteiger partial charge in [-0.1, -0.05) is 65.5 Å². The van der Waals surface area contributed by atoms with Gasteiger partial charge in [-0.3, -0.25) is 0 Å². The Morgan fingerprint density at radius 2 is 1.88 bits per heavy atom. The molecule has 3 fully saturated rings. The van der Waals surface area contributed by atoms with Crippen molar-refractivity contribution in [2.75, 3.05) is 6.54 Å². The fraction of sp³-hybridized carbons (Fsp3) is 0.900. The molecule has 0 spiro atoms. The van der Waals surface area contributed by atoms with Crippen molar-refractivity contribution in [3.8, 4) is 0 Å². The number of ether oxygens (including phenoxy) is 1. The molecule has 8 atom stereocenters. The maximum absolute atomic E-state index is 12.0. The largest absolute Gasteiger partial charge is 0.446 e. The third kappa shape index (κ3) is 4.76. The van der Waals surface area contributed by atoms with E-state index in [9.17, 15) is 4.79 Å². The predicted octanol–water partition coefficient (Wildman–Crippen LogP) is 8.14. The van der Waals surface area contributed by atoms with Gasteiger partial charge in [0.25, 0.3) is 0 Å². The van der Waals surface area contributed by atoms with Crippen LogP contribution in [-0.2, 0) is 4.74 Å². The van der Waals surface area contributed by atoms with Crippen LogP contribution in [-0.4, -0.2) is 18.7 Å². The van der Waals surface area contributed by atoms with Crippen LogP contribution in [0.15, 0.2) is 11.6 Å². The average molecular weight is 458 g/mol. The van der Waals surface area contributed by atoms with Crippen LogP contribution in [0.3, 0.4) is 0 Å². The number of rotatable bonds is 7. The van der Waals surface area contributed by atoms with E-state index in [1.54, 1.807) is 5.57 Å². The van der Waals surface area contributed by atoms with Crippen molar-refractivity contribution in [1.29, 1.82) is 0 Å². The minimum absolute atomic E-state index is 0.0591. The summed E-state index contributed by atoms with van der Waals surface area (Å²) in [6, 6.07) is 0. The lowest BCUT2D eigenvalue weighted by Gasteiger charge is -2.58. The first-order valence-corrected chi connectivity index (χ1v) is 14.3. The molecule has 4 rings (SSSR count). The molecule has 3 saturated carbocycles. The Bertz CT molecular complexity index is 729. The molecule has 3 heteroatoms. The Hall–Kier alpha value is -0.990. The van der Waals surface area contributed by atoms with Gasteiger partial charge < -0.3 is 10.1 Å². The number of hydrogen-bond acceptors (Lipinski definition) is 2. The maximum atomic E-state index is 12.0. The highest BCUT2D eigenvalue weighted by atomic mass is 16.6. The van der Waals surface area contributed by atoms with Gasteiger partial charge in [0.05, 0.1) is 0 Å². The van der Waals surface area contributed by atoms with E-state index < -0.39 is 0 Å². The molecule has 0 aromatic rings. The number of fused-ring (bicyclic) bond motifs is 5. The minimum atomic E-state index is -0.242. The summed E-state index contributed by atoms with van der Waals surface area (Å²) in [4.78, 5) is 12.0. The van der Waals surface area contributed by atoms with Gasteiger partial charge in [0.2, 0.25) is 0 Å². The zero-order valence-corrected chi connectivity index (χ0v) is 22.4. The zero-order chi connectivity index (χ0) is 23.8. The van der Waals surface area contributed by atoms with E-state index in [-0.39, 0.29) is 12.2 Å². The second kappa shape index (κ2) is 9.94. The lowest BCUT2D eigenvalue weighted by Crippen LogP contribution is -2.51. The van der Waals surface area contributed by atoms with Crippen LogP contribution in [0, 0.1) is 46.3 Å². The molecule has 0 aromatic heterocycles. The van der Waals surface area contributed by atoms with Crippen LogP contribution < -0.4 is 5.32 Å². The molecule has 0 aliphatic heterocycles. The van der Waals surface area contributed by atoms with Gasteiger partial charge in [0, 0.05) is 13.0 Å². The summed E-state index contributed by atoms with van der Waals surface area (Å²) >= 11 is 0. The van der Waals surface area contributed by atoms with E-state index in [2.05, 4.69) is 46.0 Å². The average Bonchev–Trinajstić information content (AvgIpc) is 3.11. The lowest BCUT2D eigenvalue weighted by molar-refractivity contribution is -0.0581. The molecule has 0 bridgehead atoms.